The first-order valence-corrected chi connectivity index (χ1v) is 6.42. The lowest BCUT2D eigenvalue weighted by molar-refractivity contribution is 0.305. The Hall–Kier alpha value is -1.47. The molecule has 2 aliphatic heterocycles. The molecule has 0 aromatic carbocycles. The summed E-state index contributed by atoms with van der Waals surface area (Å²) in [5.41, 5.74) is 11.2. The molecule has 2 atom stereocenters. The van der Waals surface area contributed by atoms with E-state index in [4.69, 9.17) is 11.5 Å². The molecule has 0 spiro atoms. The predicted octanol–water partition coefficient (Wildman–Crippen LogP) is -0.780. The number of anilines is 2. The van der Waals surface area contributed by atoms with Crippen LogP contribution in [0.15, 0.2) is 0 Å². The molecule has 3 heterocycles. The highest BCUT2D eigenvalue weighted by Gasteiger charge is 2.34. The molecule has 1 aromatic rings. The molecular weight excluding hydrogens is 230 g/mol. The van der Waals surface area contributed by atoms with Gasteiger partial charge in [0.25, 0.3) is 0 Å². The van der Waals surface area contributed by atoms with E-state index in [0.717, 1.165) is 25.6 Å². The van der Waals surface area contributed by atoms with E-state index in [2.05, 4.69) is 25.2 Å². The fourth-order valence-corrected chi connectivity index (χ4v) is 2.99. The van der Waals surface area contributed by atoms with Crippen LogP contribution in [0, 0.1) is 5.92 Å². The number of aromatic nitrogens is 3. The smallest absolute Gasteiger partial charge is 0.225 e. The van der Waals surface area contributed by atoms with Crippen molar-refractivity contribution in [2.75, 3.05) is 31.1 Å². The minimum atomic E-state index is 0.201. The van der Waals surface area contributed by atoms with Gasteiger partial charge in [0.05, 0.1) is 6.54 Å². The van der Waals surface area contributed by atoms with Gasteiger partial charge in [-0.05, 0) is 25.3 Å². The monoisotopic (exact) mass is 249 g/mol. The van der Waals surface area contributed by atoms with Crippen molar-refractivity contribution >= 4 is 11.9 Å². The second-order valence-electron chi connectivity index (χ2n) is 5.13. The number of nitrogens with one attached hydrogen (secondary N) is 1. The largest absolute Gasteiger partial charge is 0.368 e. The molecule has 0 amide bonds. The van der Waals surface area contributed by atoms with Crippen molar-refractivity contribution in [2.45, 2.75) is 25.4 Å². The van der Waals surface area contributed by atoms with Gasteiger partial charge >= 0.3 is 0 Å². The van der Waals surface area contributed by atoms with Crippen LogP contribution >= 0.6 is 0 Å². The molecule has 1 aromatic heterocycles. The lowest BCUT2D eigenvalue weighted by Gasteiger charge is -2.24. The molecule has 7 nitrogen and oxygen atoms in total. The van der Waals surface area contributed by atoms with Gasteiger partial charge in [0.1, 0.15) is 5.82 Å². The third-order valence-corrected chi connectivity index (χ3v) is 3.76. The Balaban J connectivity index is 1.66. The maximum Gasteiger partial charge on any atom is 0.225 e. The fourth-order valence-electron chi connectivity index (χ4n) is 2.99. The molecule has 2 fully saturated rings. The van der Waals surface area contributed by atoms with Gasteiger partial charge in [-0.1, -0.05) is 0 Å². The Morgan fingerprint density at radius 1 is 1.17 bits per heavy atom. The number of likely N-dealkylation sites (tertiary alicyclic amines) is 1. The summed E-state index contributed by atoms with van der Waals surface area (Å²) >= 11 is 0. The molecule has 98 valence electrons. The maximum atomic E-state index is 5.58. The van der Waals surface area contributed by atoms with Crippen molar-refractivity contribution < 1.29 is 0 Å². The van der Waals surface area contributed by atoms with Crippen molar-refractivity contribution in [3.8, 4) is 0 Å². The van der Waals surface area contributed by atoms with Crippen LogP contribution in [0.2, 0.25) is 0 Å². The van der Waals surface area contributed by atoms with E-state index in [9.17, 15) is 0 Å². The van der Waals surface area contributed by atoms with Gasteiger partial charge < -0.3 is 16.8 Å². The number of nitrogen functional groups attached to an aromatic ring is 2. The van der Waals surface area contributed by atoms with Crippen molar-refractivity contribution in [1.82, 2.24) is 25.2 Å². The molecule has 2 saturated heterocycles. The van der Waals surface area contributed by atoms with E-state index < -0.39 is 0 Å². The van der Waals surface area contributed by atoms with Crippen LogP contribution in [-0.4, -0.2) is 45.5 Å². The summed E-state index contributed by atoms with van der Waals surface area (Å²) in [7, 11) is 0. The topological polar surface area (TPSA) is 106 Å². The van der Waals surface area contributed by atoms with Crippen LogP contribution in [0.1, 0.15) is 18.7 Å². The normalized spacial score (nSPS) is 28.2. The zero-order valence-electron chi connectivity index (χ0n) is 10.3. The average Bonchev–Trinajstić information content (AvgIpc) is 2.69. The van der Waals surface area contributed by atoms with Gasteiger partial charge in [-0.2, -0.15) is 15.0 Å². The van der Waals surface area contributed by atoms with Crippen molar-refractivity contribution in [3.63, 3.8) is 0 Å². The number of hydrogen-bond donors (Lipinski definition) is 3. The summed E-state index contributed by atoms with van der Waals surface area (Å²) in [4.78, 5) is 14.4. The van der Waals surface area contributed by atoms with Gasteiger partial charge in [-0.3, -0.25) is 4.90 Å². The van der Waals surface area contributed by atoms with Gasteiger partial charge in [0, 0.05) is 19.1 Å². The molecular formula is C11H19N7. The summed E-state index contributed by atoms with van der Waals surface area (Å²) in [6, 6.07) is 0.621. The zero-order valence-corrected chi connectivity index (χ0v) is 10.3. The Bertz CT molecular complexity index is 401. The first-order valence-electron chi connectivity index (χ1n) is 6.42. The fraction of sp³-hybridized carbons (Fsp3) is 0.727. The summed E-state index contributed by atoms with van der Waals surface area (Å²) < 4.78 is 0. The van der Waals surface area contributed by atoms with Gasteiger partial charge in [0.2, 0.25) is 11.9 Å². The molecule has 2 unspecified atom stereocenters. The summed E-state index contributed by atoms with van der Waals surface area (Å²) in [6.45, 7) is 3.99. The van der Waals surface area contributed by atoms with Gasteiger partial charge in [-0.15, -0.1) is 0 Å². The van der Waals surface area contributed by atoms with Crippen molar-refractivity contribution in [2.24, 2.45) is 5.92 Å². The Morgan fingerprint density at radius 3 is 2.67 bits per heavy atom. The molecule has 2 aliphatic rings. The van der Waals surface area contributed by atoms with E-state index in [1.165, 1.54) is 12.8 Å². The molecule has 0 radical (unpaired) electrons. The minimum Gasteiger partial charge on any atom is -0.368 e. The average molecular weight is 249 g/mol. The van der Waals surface area contributed by atoms with Crippen LogP contribution in [0.3, 0.4) is 0 Å². The molecule has 3 rings (SSSR count). The van der Waals surface area contributed by atoms with Crippen molar-refractivity contribution in [3.05, 3.63) is 5.82 Å². The Kier molecular flexibility index (Phi) is 3.00. The number of fused-ring (bicyclic) bond motifs is 1. The van der Waals surface area contributed by atoms with Crippen LogP contribution in [0.4, 0.5) is 11.9 Å². The lowest BCUT2D eigenvalue weighted by atomic mass is 9.94. The van der Waals surface area contributed by atoms with E-state index in [0.29, 0.717) is 18.4 Å². The number of nitrogens with zero attached hydrogens (tertiary/aromatic N) is 4. The summed E-state index contributed by atoms with van der Waals surface area (Å²) in [5.74, 6) is 1.83. The lowest BCUT2D eigenvalue weighted by Crippen LogP contribution is -2.40. The first kappa shape index (κ1) is 11.6. The number of piperidine rings is 1. The third kappa shape index (κ3) is 2.37. The van der Waals surface area contributed by atoms with Gasteiger partial charge in [0.15, 0.2) is 0 Å². The summed E-state index contributed by atoms with van der Waals surface area (Å²) in [6.07, 6.45) is 2.59. The first-order chi connectivity index (χ1) is 8.70. The third-order valence-electron chi connectivity index (χ3n) is 3.76. The van der Waals surface area contributed by atoms with Crippen LogP contribution in [-0.2, 0) is 6.54 Å². The zero-order chi connectivity index (χ0) is 12.5. The minimum absolute atomic E-state index is 0.201. The number of hydrogen-bond acceptors (Lipinski definition) is 7. The number of rotatable bonds is 2. The maximum absolute atomic E-state index is 5.58. The van der Waals surface area contributed by atoms with E-state index in [1.54, 1.807) is 0 Å². The highest BCUT2D eigenvalue weighted by atomic mass is 15.2. The molecule has 7 heteroatoms. The highest BCUT2D eigenvalue weighted by Crippen LogP contribution is 2.25. The second-order valence-corrected chi connectivity index (χ2v) is 5.13. The van der Waals surface area contributed by atoms with E-state index in [1.807, 2.05) is 0 Å². The quantitative estimate of drug-likeness (QED) is 0.631. The SMILES string of the molecule is Nc1nc(N)nc(CN2CC3CCCNC3C2)n1. The predicted molar refractivity (Wildman–Crippen MR) is 68.4 cm³/mol. The Labute approximate surface area is 106 Å². The molecule has 0 aliphatic carbocycles. The van der Waals surface area contributed by atoms with Gasteiger partial charge in [-0.25, -0.2) is 0 Å². The van der Waals surface area contributed by atoms with Crippen LogP contribution in [0.25, 0.3) is 0 Å². The highest BCUT2D eigenvalue weighted by molar-refractivity contribution is 5.25. The molecule has 0 saturated carbocycles. The van der Waals surface area contributed by atoms with E-state index >= 15 is 0 Å². The van der Waals surface area contributed by atoms with Crippen molar-refractivity contribution in [1.29, 1.82) is 0 Å². The molecule has 18 heavy (non-hydrogen) atoms. The molecule has 5 N–H and O–H groups in total. The van der Waals surface area contributed by atoms with E-state index in [-0.39, 0.29) is 11.9 Å². The number of nitrogens with two attached hydrogens (primary N) is 2. The standard InChI is InChI=1S/C11H19N7/c12-10-15-9(16-11(13)17-10)6-18-4-7-2-1-3-14-8(7)5-18/h7-8,14H,1-6H2,(H4,12,13,15,16,17). The van der Waals surface area contributed by atoms with Crippen LogP contribution in [0.5, 0.6) is 0 Å². The van der Waals surface area contributed by atoms with Crippen LogP contribution < -0.4 is 16.8 Å². The summed E-state index contributed by atoms with van der Waals surface area (Å²) in [5, 5.41) is 3.58. The second kappa shape index (κ2) is 4.66. The Morgan fingerprint density at radius 2 is 1.94 bits per heavy atom. The molecule has 0 bridgehead atoms.